The number of benzene rings is 1. The van der Waals surface area contributed by atoms with Gasteiger partial charge in [0.15, 0.2) is 30.7 Å². The van der Waals surface area contributed by atoms with Crippen LogP contribution in [0.3, 0.4) is 0 Å². The van der Waals surface area contributed by atoms with Crippen molar-refractivity contribution >= 4 is 35.8 Å². The van der Waals surface area contributed by atoms with Crippen molar-refractivity contribution in [2.75, 3.05) is 20.8 Å². The van der Waals surface area contributed by atoms with Crippen LogP contribution in [0.4, 0.5) is 0 Å². The molecule has 2 saturated heterocycles. The fraction of sp³-hybridized carbons (Fsp3) is 0.613. The van der Waals surface area contributed by atoms with Gasteiger partial charge in [0.2, 0.25) is 0 Å². The lowest BCUT2D eigenvalue weighted by Gasteiger charge is -2.48. The quantitative estimate of drug-likeness (QED) is 0.234. The molecule has 0 aromatic heterocycles. The number of aliphatic hydroxyl groups excluding tert-OH is 1. The van der Waals surface area contributed by atoms with Gasteiger partial charge in [-0.05, 0) is 17.7 Å². The van der Waals surface area contributed by atoms with Crippen LogP contribution >= 0.6 is 0 Å². The van der Waals surface area contributed by atoms with E-state index in [1.807, 2.05) is 0 Å². The van der Waals surface area contributed by atoms with Crippen molar-refractivity contribution < 1.29 is 81.2 Å². The number of carbonyl (C=O) groups excluding carboxylic acids is 6. The van der Waals surface area contributed by atoms with Crippen molar-refractivity contribution in [2.24, 2.45) is 0 Å². The molecule has 2 heterocycles. The van der Waals surface area contributed by atoms with E-state index in [-0.39, 0.29) is 0 Å². The average molecular weight is 685 g/mol. The van der Waals surface area contributed by atoms with Crippen molar-refractivity contribution in [3.05, 3.63) is 29.8 Å². The Labute approximate surface area is 275 Å². The minimum absolute atomic E-state index is 0.383. The van der Waals surface area contributed by atoms with Crippen LogP contribution in [0.25, 0.3) is 0 Å². The maximum absolute atomic E-state index is 12.5. The van der Waals surface area contributed by atoms with Crippen LogP contribution in [0.1, 0.15) is 52.7 Å². The smallest absolute Gasteiger partial charge is 0.308 e. The fourth-order valence-electron chi connectivity index (χ4n) is 5.38. The topological polar surface area (TPSA) is 215 Å². The summed E-state index contributed by atoms with van der Waals surface area (Å²) in [6, 6.07) is 6.47. The molecule has 1 aromatic carbocycles. The summed E-state index contributed by atoms with van der Waals surface area (Å²) in [7, 11) is 2.58. The maximum Gasteiger partial charge on any atom is 0.308 e. The first-order valence-electron chi connectivity index (χ1n) is 14.8. The lowest BCUT2D eigenvalue weighted by Crippen LogP contribution is -2.65. The van der Waals surface area contributed by atoms with Gasteiger partial charge in [0.1, 0.15) is 42.9 Å². The van der Waals surface area contributed by atoms with E-state index in [0.717, 1.165) is 41.7 Å². The van der Waals surface area contributed by atoms with Gasteiger partial charge in [-0.3, -0.25) is 28.8 Å². The summed E-state index contributed by atoms with van der Waals surface area (Å²) in [4.78, 5) is 73.2. The van der Waals surface area contributed by atoms with Gasteiger partial charge in [0.25, 0.3) is 0 Å². The second-order valence-corrected chi connectivity index (χ2v) is 10.9. The van der Waals surface area contributed by atoms with Crippen molar-refractivity contribution in [1.29, 1.82) is 0 Å². The lowest BCUT2D eigenvalue weighted by atomic mass is 9.89. The molecule has 0 spiro atoms. The number of hydrogen-bond donors (Lipinski definition) is 1. The first kappa shape index (κ1) is 38.1. The Bertz CT molecular complexity index is 1330. The summed E-state index contributed by atoms with van der Waals surface area (Å²) in [6.45, 7) is 4.82. The van der Waals surface area contributed by atoms with E-state index in [1.54, 1.807) is 24.3 Å². The molecule has 17 heteroatoms. The zero-order valence-electron chi connectivity index (χ0n) is 27.5. The molecule has 17 nitrogen and oxygen atoms in total. The molecule has 0 amide bonds. The summed E-state index contributed by atoms with van der Waals surface area (Å²) in [5.74, 6) is -4.50. The number of aliphatic hydroxyl groups is 1. The molecule has 48 heavy (non-hydrogen) atoms. The second kappa shape index (κ2) is 17.2. The number of rotatable bonds is 12. The van der Waals surface area contributed by atoms with Gasteiger partial charge in [0.05, 0.1) is 20.6 Å². The Balaban J connectivity index is 2.16. The van der Waals surface area contributed by atoms with Gasteiger partial charge in [-0.25, -0.2) is 0 Å². The molecule has 0 radical (unpaired) electrons. The normalized spacial score (nSPS) is 29.8. The molecule has 0 unspecified atom stereocenters. The average Bonchev–Trinajstić information content (AvgIpc) is 3.00. The Morgan fingerprint density at radius 2 is 1.27 bits per heavy atom. The first-order valence-corrected chi connectivity index (χ1v) is 14.8. The molecule has 2 aliphatic rings. The molecular formula is C31H40O17. The number of ether oxygens (including phenoxy) is 10. The van der Waals surface area contributed by atoms with Crippen LogP contribution in [-0.4, -0.2) is 117 Å². The van der Waals surface area contributed by atoms with Crippen LogP contribution in [0, 0.1) is 0 Å². The van der Waals surface area contributed by atoms with Crippen LogP contribution in [-0.2, 0) is 71.4 Å². The zero-order chi connectivity index (χ0) is 35.7. The van der Waals surface area contributed by atoms with Gasteiger partial charge in [-0.2, -0.15) is 0 Å². The fourth-order valence-corrected chi connectivity index (χ4v) is 5.38. The van der Waals surface area contributed by atoms with Gasteiger partial charge in [-0.1, -0.05) is 12.1 Å². The Kier molecular flexibility index (Phi) is 13.7. The number of carbonyl (C=O) groups is 6. The molecule has 266 valence electrons. The van der Waals surface area contributed by atoms with Gasteiger partial charge in [-0.15, -0.1) is 0 Å². The van der Waals surface area contributed by atoms with E-state index in [2.05, 4.69) is 0 Å². The zero-order valence-corrected chi connectivity index (χ0v) is 27.5. The van der Waals surface area contributed by atoms with E-state index in [4.69, 9.17) is 47.4 Å². The monoisotopic (exact) mass is 684 g/mol. The molecule has 1 N–H and O–H groups in total. The second-order valence-electron chi connectivity index (χ2n) is 10.9. The number of esters is 6. The van der Waals surface area contributed by atoms with Crippen LogP contribution in [0.15, 0.2) is 24.3 Å². The van der Waals surface area contributed by atoms with Crippen molar-refractivity contribution in [2.45, 2.75) is 102 Å². The molecule has 3 rings (SSSR count). The SMILES string of the molecule is COC(=O)C[C@H]1O[C@H](c2cccc(OC)c2)[C@@H](O)[C@@H](O[C@H]2O[C@H](COC(C)=O)[C@@H](OC(C)=O)[C@@H](OC(C)=O)[C@H]2OC(C)=O)[C@@H]1OC(C)=O. The van der Waals surface area contributed by atoms with Crippen LogP contribution in [0.5, 0.6) is 5.75 Å². The highest BCUT2D eigenvalue weighted by Crippen LogP contribution is 2.40. The summed E-state index contributed by atoms with van der Waals surface area (Å²) in [5.41, 5.74) is 0.383. The third-order valence-corrected chi connectivity index (χ3v) is 7.22. The molecule has 0 bridgehead atoms. The van der Waals surface area contributed by atoms with E-state index < -0.39 is 110 Å². The Morgan fingerprint density at radius 1 is 0.708 bits per heavy atom. The predicted molar refractivity (Wildman–Crippen MR) is 156 cm³/mol. The van der Waals surface area contributed by atoms with Gasteiger partial charge >= 0.3 is 35.8 Å². The molecule has 2 aliphatic heterocycles. The molecule has 1 aromatic rings. The summed E-state index contributed by atoms with van der Waals surface area (Å²) >= 11 is 0. The Hall–Kier alpha value is -4.32. The summed E-state index contributed by atoms with van der Waals surface area (Å²) < 4.78 is 55.5. The van der Waals surface area contributed by atoms with Crippen molar-refractivity contribution in [3.8, 4) is 5.75 Å². The van der Waals surface area contributed by atoms with Crippen LogP contribution in [0.2, 0.25) is 0 Å². The molecule has 2 fully saturated rings. The highest BCUT2D eigenvalue weighted by Gasteiger charge is 2.56. The van der Waals surface area contributed by atoms with Crippen molar-refractivity contribution in [3.63, 3.8) is 0 Å². The van der Waals surface area contributed by atoms with Crippen LogP contribution < -0.4 is 4.74 Å². The molecule has 0 saturated carbocycles. The number of methoxy groups -OCH3 is 2. The highest BCUT2D eigenvalue weighted by atomic mass is 16.7. The van der Waals surface area contributed by atoms with Gasteiger partial charge in [0, 0.05) is 34.6 Å². The summed E-state index contributed by atoms with van der Waals surface area (Å²) in [6.07, 6.45) is -15.6. The largest absolute Gasteiger partial charge is 0.497 e. The Morgan fingerprint density at radius 3 is 1.81 bits per heavy atom. The van der Waals surface area contributed by atoms with E-state index in [9.17, 15) is 33.9 Å². The van der Waals surface area contributed by atoms with E-state index in [1.165, 1.54) is 7.11 Å². The van der Waals surface area contributed by atoms with Gasteiger partial charge < -0.3 is 52.5 Å². The maximum atomic E-state index is 12.5. The number of hydrogen-bond acceptors (Lipinski definition) is 17. The standard InChI is InChI=1S/C31H40O17/c1-14(32)41-13-22-27(43-16(3)34)29(44-17(4)35)30(45-18(5)36)31(47-22)48-28-24(38)25(19-9-8-10-20(11-19)39-6)46-21(12-23(37)40-7)26(28)42-15(2)33/h8-11,21-22,24-31,38H,12-13H2,1-7H3/t21-,22-,24-,25-,26-,27-,28-,29-,30-,31-/m1/s1. The molecule has 0 aliphatic carbocycles. The third-order valence-electron chi connectivity index (χ3n) is 7.22. The highest BCUT2D eigenvalue weighted by molar-refractivity contribution is 5.71. The minimum Gasteiger partial charge on any atom is -0.497 e. The van der Waals surface area contributed by atoms with E-state index >= 15 is 0 Å². The van der Waals surface area contributed by atoms with Crippen molar-refractivity contribution in [1.82, 2.24) is 0 Å². The summed E-state index contributed by atoms with van der Waals surface area (Å²) in [5, 5.41) is 11.8. The third kappa shape index (κ3) is 10.1. The molecule has 10 atom stereocenters. The lowest BCUT2D eigenvalue weighted by molar-refractivity contribution is -0.344. The predicted octanol–water partition coefficient (Wildman–Crippen LogP) is 0.459. The minimum atomic E-state index is -1.76. The molecular weight excluding hydrogens is 644 g/mol. The first-order chi connectivity index (χ1) is 22.6. The van der Waals surface area contributed by atoms with E-state index in [0.29, 0.717) is 11.3 Å².